The van der Waals surface area contributed by atoms with Gasteiger partial charge >= 0.3 is 0 Å². The molecule has 0 atom stereocenters. The molecule has 2 N–H and O–H groups in total. The Bertz CT molecular complexity index is 942. The highest BCUT2D eigenvalue weighted by molar-refractivity contribution is 6.04. The number of anilines is 3. The third kappa shape index (κ3) is 4.33. The highest BCUT2D eigenvalue weighted by Gasteiger charge is 2.10. The van der Waals surface area contributed by atoms with Crippen LogP contribution in [0.3, 0.4) is 0 Å². The zero-order valence-electron chi connectivity index (χ0n) is 15.3. The summed E-state index contributed by atoms with van der Waals surface area (Å²) in [7, 11) is 3.16. The molecule has 27 heavy (non-hydrogen) atoms. The molecule has 0 radical (unpaired) electrons. The van der Waals surface area contributed by atoms with Crippen molar-refractivity contribution in [3.8, 4) is 11.5 Å². The van der Waals surface area contributed by atoms with Crippen molar-refractivity contribution in [3.63, 3.8) is 0 Å². The van der Waals surface area contributed by atoms with Crippen molar-refractivity contribution in [2.24, 2.45) is 0 Å². The molecule has 0 saturated carbocycles. The summed E-state index contributed by atoms with van der Waals surface area (Å²) in [6.07, 6.45) is 0. The number of nitrogens with one attached hydrogen (secondary N) is 2. The number of methoxy groups -OCH3 is 2. The number of ether oxygens (including phenoxy) is 2. The van der Waals surface area contributed by atoms with Crippen molar-refractivity contribution >= 4 is 23.2 Å². The summed E-state index contributed by atoms with van der Waals surface area (Å²) in [6.45, 7) is 1.89. The van der Waals surface area contributed by atoms with Gasteiger partial charge in [-0.3, -0.25) is 4.79 Å². The fourth-order valence-electron chi connectivity index (χ4n) is 2.54. The molecule has 1 amide bonds. The quantitative estimate of drug-likeness (QED) is 0.692. The van der Waals surface area contributed by atoms with Crippen LogP contribution in [0.4, 0.5) is 17.3 Å². The van der Waals surface area contributed by atoms with Gasteiger partial charge in [0.1, 0.15) is 0 Å². The molecular formula is C20H20N4O3. The molecule has 7 heteroatoms. The minimum Gasteiger partial charge on any atom is -0.493 e. The monoisotopic (exact) mass is 364 g/mol. The van der Waals surface area contributed by atoms with E-state index < -0.39 is 0 Å². The summed E-state index contributed by atoms with van der Waals surface area (Å²) < 4.78 is 10.5. The second kappa shape index (κ2) is 8.18. The van der Waals surface area contributed by atoms with E-state index in [4.69, 9.17) is 9.47 Å². The second-order valence-corrected chi connectivity index (χ2v) is 5.77. The van der Waals surface area contributed by atoms with Gasteiger partial charge in [0.15, 0.2) is 23.1 Å². The normalized spacial score (nSPS) is 10.2. The Balaban J connectivity index is 1.69. The molecule has 0 aliphatic carbocycles. The summed E-state index contributed by atoms with van der Waals surface area (Å²) in [5.41, 5.74) is 2.28. The van der Waals surface area contributed by atoms with E-state index in [1.54, 1.807) is 44.6 Å². The minimum absolute atomic E-state index is 0.219. The van der Waals surface area contributed by atoms with Crippen molar-refractivity contribution < 1.29 is 14.3 Å². The Morgan fingerprint density at radius 1 is 0.889 bits per heavy atom. The van der Waals surface area contributed by atoms with E-state index in [1.807, 2.05) is 31.2 Å². The van der Waals surface area contributed by atoms with Crippen LogP contribution < -0.4 is 20.1 Å². The molecule has 0 unspecified atom stereocenters. The highest BCUT2D eigenvalue weighted by atomic mass is 16.5. The molecule has 3 rings (SSSR count). The summed E-state index contributed by atoms with van der Waals surface area (Å²) in [5, 5.41) is 14.0. The van der Waals surface area contributed by atoms with Crippen LogP contribution in [0.2, 0.25) is 0 Å². The lowest BCUT2D eigenvalue weighted by molar-refractivity contribution is 0.102. The first-order valence-electron chi connectivity index (χ1n) is 8.30. The van der Waals surface area contributed by atoms with Crippen molar-refractivity contribution in [1.29, 1.82) is 0 Å². The van der Waals surface area contributed by atoms with E-state index in [-0.39, 0.29) is 5.91 Å². The standard InChI is InChI=1S/C20H20N4O3/c1-13-6-4-5-7-15(13)20(25)22-19-11-10-18(23-24-19)21-14-8-9-16(26-2)17(12-14)27-3/h4-12H,1-3H3,(H,21,23)(H,22,24,25). The SMILES string of the molecule is COc1ccc(Nc2ccc(NC(=O)c3ccccc3C)nn2)cc1OC. The van der Waals surface area contributed by atoms with Gasteiger partial charge in [-0.05, 0) is 42.8 Å². The maximum Gasteiger partial charge on any atom is 0.257 e. The molecule has 1 aromatic heterocycles. The first-order valence-corrected chi connectivity index (χ1v) is 8.30. The molecule has 0 bridgehead atoms. The number of carbonyl (C=O) groups is 1. The van der Waals surface area contributed by atoms with Crippen LogP contribution >= 0.6 is 0 Å². The summed E-state index contributed by atoms with van der Waals surface area (Å²) >= 11 is 0. The topological polar surface area (TPSA) is 85.4 Å². The van der Waals surface area contributed by atoms with Crippen LogP contribution in [0.1, 0.15) is 15.9 Å². The van der Waals surface area contributed by atoms with Gasteiger partial charge in [-0.1, -0.05) is 18.2 Å². The number of nitrogens with zero attached hydrogens (tertiary/aromatic N) is 2. The predicted octanol–water partition coefficient (Wildman–Crippen LogP) is 3.80. The molecule has 1 heterocycles. The van der Waals surface area contributed by atoms with E-state index in [1.165, 1.54) is 0 Å². The van der Waals surface area contributed by atoms with Gasteiger partial charge < -0.3 is 20.1 Å². The Kier molecular flexibility index (Phi) is 5.51. The molecule has 2 aromatic carbocycles. The van der Waals surface area contributed by atoms with E-state index >= 15 is 0 Å². The van der Waals surface area contributed by atoms with Gasteiger partial charge in [0.25, 0.3) is 5.91 Å². The number of hydrogen-bond acceptors (Lipinski definition) is 6. The van der Waals surface area contributed by atoms with Crippen LogP contribution in [-0.4, -0.2) is 30.3 Å². The third-order valence-corrected chi connectivity index (χ3v) is 3.95. The van der Waals surface area contributed by atoms with Crippen molar-refractivity contribution in [2.75, 3.05) is 24.9 Å². The van der Waals surface area contributed by atoms with Gasteiger partial charge in [0.2, 0.25) is 0 Å². The first-order chi connectivity index (χ1) is 13.1. The van der Waals surface area contributed by atoms with Crippen LogP contribution in [0.25, 0.3) is 0 Å². The number of aromatic nitrogens is 2. The predicted molar refractivity (Wildman–Crippen MR) is 104 cm³/mol. The average Bonchev–Trinajstić information content (AvgIpc) is 2.69. The van der Waals surface area contributed by atoms with Crippen LogP contribution in [0, 0.1) is 6.92 Å². The zero-order chi connectivity index (χ0) is 19.2. The average molecular weight is 364 g/mol. The van der Waals surface area contributed by atoms with Gasteiger partial charge in [-0.15, -0.1) is 10.2 Å². The number of aryl methyl sites for hydroxylation is 1. The Morgan fingerprint density at radius 3 is 2.26 bits per heavy atom. The largest absolute Gasteiger partial charge is 0.493 e. The van der Waals surface area contributed by atoms with Gasteiger partial charge in [0.05, 0.1) is 14.2 Å². The van der Waals surface area contributed by atoms with E-state index in [0.29, 0.717) is 28.7 Å². The van der Waals surface area contributed by atoms with Gasteiger partial charge in [0, 0.05) is 17.3 Å². The van der Waals surface area contributed by atoms with E-state index in [2.05, 4.69) is 20.8 Å². The fraction of sp³-hybridized carbons (Fsp3) is 0.150. The number of rotatable bonds is 6. The van der Waals surface area contributed by atoms with Crippen molar-refractivity contribution in [1.82, 2.24) is 10.2 Å². The second-order valence-electron chi connectivity index (χ2n) is 5.77. The maximum atomic E-state index is 12.3. The molecule has 7 nitrogen and oxygen atoms in total. The fourth-order valence-corrected chi connectivity index (χ4v) is 2.54. The lowest BCUT2D eigenvalue weighted by Crippen LogP contribution is -2.14. The lowest BCUT2D eigenvalue weighted by Gasteiger charge is -2.11. The molecule has 0 aliphatic rings. The lowest BCUT2D eigenvalue weighted by atomic mass is 10.1. The van der Waals surface area contributed by atoms with Gasteiger partial charge in [-0.25, -0.2) is 0 Å². The van der Waals surface area contributed by atoms with Crippen LogP contribution in [-0.2, 0) is 0 Å². The third-order valence-electron chi connectivity index (χ3n) is 3.95. The molecule has 3 aromatic rings. The molecule has 138 valence electrons. The smallest absolute Gasteiger partial charge is 0.257 e. The Labute approximate surface area is 157 Å². The Morgan fingerprint density at radius 2 is 1.59 bits per heavy atom. The Hall–Kier alpha value is -3.61. The van der Waals surface area contributed by atoms with Gasteiger partial charge in [-0.2, -0.15) is 0 Å². The molecule has 0 aliphatic heterocycles. The number of amides is 1. The molecule has 0 fully saturated rings. The van der Waals surface area contributed by atoms with Crippen molar-refractivity contribution in [2.45, 2.75) is 6.92 Å². The highest BCUT2D eigenvalue weighted by Crippen LogP contribution is 2.30. The first kappa shape index (κ1) is 18.2. The number of benzene rings is 2. The zero-order valence-corrected chi connectivity index (χ0v) is 15.3. The van der Waals surface area contributed by atoms with E-state index in [0.717, 1.165) is 11.3 Å². The van der Waals surface area contributed by atoms with Crippen LogP contribution in [0.5, 0.6) is 11.5 Å². The summed E-state index contributed by atoms with van der Waals surface area (Å²) in [4.78, 5) is 12.3. The minimum atomic E-state index is -0.219. The summed E-state index contributed by atoms with van der Waals surface area (Å²) in [6, 6.07) is 16.2. The maximum absolute atomic E-state index is 12.3. The van der Waals surface area contributed by atoms with Crippen LogP contribution in [0.15, 0.2) is 54.6 Å². The summed E-state index contributed by atoms with van der Waals surface area (Å²) in [5.74, 6) is 1.95. The molecule has 0 spiro atoms. The van der Waals surface area contributed by atoms with Crippen molar-refractivity contribution in [3.05, 3.63) is 65.7 Å². The molecular weight excluding hydrogens is 344 g/mol. The number of carbonyl (C=O) groups excluding carboxylic acids is 1. The number of hydrogen-bond donors (Lipinski definition) is 2. The molecule has 0 saturated heterocycles. The van der Waals surface area contributed by atoms with E-state index in [9.17, 15) is 4.79 Å².